The molecule has 0 aromatic heterocycles. The van der Waals surface area contributed by atoms with Crippen molar-refractivity contribution >= 4 is 0 Å². The molecule has 0 radical (unpaired) electrons. The van der Waals surface area contributed by atoms with Gasteiger partial charge in [-0.25, -0.2) is 0 Å². The molecule has 0 saturated carbocycles. The molecule has 0 fully saturated rings. The highest BCUT2D eigenvalue weighted by molar-refractivity contribution is 5.57. The Morgan fingerprint density at radius 1 is 0.400 bits per heavy atom. The Kier molecular flexibility index (Phi) is 10.1. The molecule has 3 heteroatoms. The van der Waals surface area contributed by atoms with Crippen LogP contribution in [0, 0.1) is 41.5 Å². The molecular weight excluding hydrogens is 552 g/mol. The number of rotatable bonds is 9. The molecule has 0 atom stereocenters. The topological polar surface area (TPSA) is 60.7 Å². The van der Waals surface area contributed by atoms with Crippen LogP contribution in [0.3, 0.4) is 0 Å². The van der Waals surface area contributed by atoms with Crippen molar-refractivity contribution in [2.45, 2.75) is 120 Å². The van der Waals surface area contributed by atoms with Crippen molar-refractivity contribution in [3.63, 3.8) is 0 Å². The predicted molar refractivity (Wildman–Crippen MR) is 190 cm³/mol. The normalized spacial score (nSPS) is 11.8. The maximum Gasteiger partial charge on any atom is 0.121 e. The van der Waals surface area contributed by atoms with Crippen LogP contribution in [0.25, 0.3) is 0 Å². The van der Waals surface area contributed by atoms with E-state index in [0.717, 1.165) is 52.6 Å². The molecule has 4 aromatic carbocycles. The van der Waals surface area contributed by atoms with Crippen LogP contribution in [-0.4, -0.2) is 15.3 Å². The molecule has 0 saturated heterocycles. The summed E-state index contributed by atoms with van der Waals surface area (Å²) in [5, 5.41) is 32.4. The summed E-state index contributed by atoms with van der Waals surface area (Å²) in [6.45, 7) is 25.6. The van der Waals surface area contributed by atoms with Gasteiger partial charge in [0.2, 0.25) is 0 Å². The fraction of sp³-hybridized carbons (Fsp3) is 0.429. The molecule has 0 aliphatic carbocycles. The summed E-state index contributed by atoms with van der Waals surface area (Å²) in [6, 6.07) is 13.0. The molecule has 0 unspecified atom stereocenters. The summed E-state index contributed by atoms with van der Waals surface area (Å²) in [5.74, 6) is 1.90. The monoisotopic (exact) mass is 606 g/mol. The number of benzene rings is 4. The van der Waals surface area contributed by atoms with Crippen LogP contribution in [0.15, 0.2) is 36.4 Å². The fourth-order valence-corrected chi connectivity index (χ4v) is 7.00. The quantitative estimate of drug-likeness (QED) is 0.178. The average Bonchev–Trinajstić information content (AvgIpc) is 2.96. The van der Waals surface area contributed by atoms with E-state index < -0.39 is 0 Å². The average molecular weight is 607 g/mol. The number of phenolic OH excluding ortho intramolecular Hbond substituents is 3. The van der Waals surface area contributed by atoms with Gasteiger partial charge in [-0.05, 0) is 162 Å². The highest BCUT2D eigenvalue weighted by atomic mass is 16.3. The van der Waals surface area contributed by atoms with Gasteiger partial charge in [-0.1, -0.05) is 77.9 Å². The third kappa shape index (κ3) is 6.93. The van der Waals surface area contributed by atoms with Gasteiger partial charge < -0.3 is 15.3 Å². The minimum atomic E-state index is 0.224. The van der Waals surface area contributed by atoms with E-state index in [1.807, 2.05) is 20.8 Å². The lowest BCUT2D eigenvalue weighted by molar-refractivity contribution is 0.460. The summed E-state index contributed by atoms with van der Waals surface area (Å²) in [5.41, 5.74) is 17.3. The lowest BCUT2D eigenvalue weighted by Crippen LogP contribution is -2.11. The van der Waals surface area contributed by atoms with Gasteiger partial charge >= 0.3 is 0 Å². The second kappa shape index (κ2) is 13.3. The third-order valence-electron chi connectivity index (χ3n) is 9.92. The summed E-state index contributed by atoms with van der Waals surface area (Å²) in [7, 11) is 0. The zero-order valence-electron chi connectivity index (χ0n) is 29.7. The number of hydrogen-bond donors (Lipinski definition) is 3. The summed E-state index contributed by atoms with van der Waals surface area (Å²) in [6.07, 6.45) is 2.36. The van der Waals surface area contributed by atoms with Gasteiger partial charge in [-0.2, -0.15) is 0 Å². The molecule has 4 rings (SSSR count). The Morgan fingerprint density at radius 2 is 0.667 bits per heavy atom. The molecular formula is C42H54O3. The molecule has 0 aliphatic rings. The van der Waals surface area contributed by atoms with Crippen molar-refractivity contribution in [2.24, 2.45) is 0 Å². The zero-order valence-corrected chi connectivity index (χ0v) is 29.7. The summed E-state index contributed by atoms with van der Waals surface area (Å²) < 4.78 is 0. The molecule has 0 heterocycles. The molecule has 45 heavy (non-hydrogen) atoms. The number of hydrogen-bond acceptors (Lipinski definition) is 3. The minimum absolute atomic E-state index is 0.224. The highest BCUT2D eigenvalue weighted by Gasteiger charge is 2.22. The van der Waals surface area contributed by atoms with Gasteiger partial charge in [-0.3, -0.25) is 0 Å². The zero-order chi connectivity index (χ0) is 33.5. The van der Waals surface area contributed by atoms with Gasteiger partial charge in [0, 0.05) is 0 Å². The molecule has 240 valence electrons. The Labute approximate surface area is 272 Å². The number of aromatic hydroxyl groups is 3. The van der Waals surface area contributed by atoms with E-state index in [-0.39, 0.29) is 17.8 Å². The first kappa shape index (κ1) is 34.2. The van der Waals surface area contributed by atoms with Crippen molar-refractivity contribution in [1.82, 2.24) is 0 Å². The molecule has 0 aliphatic heterocycles. The van der Waals surface area contributed by atoms with Gasteiger partial charge in [-0.15, -0.1) is 0 Å². The molecule has 3 nitrogen and oxygen atoms in total. The van der Waals surface area contributed by atoms with Crippen LogP contribution in [-0.2, 0) is 19.3 Å². The smallest absolute Gasteiger partial charge is 0.121 e. The summed E-state index contributed by atoms with van der Waals surface area (Å²) >= 11 is 0. The van der Waals surface area contributed by atoms with Crippen LogP contribution < -0.4 is 0 Å². The largest absolute Gasteiger partial charge is 0.507 e. The Balaban J connectivity index is 1.94. The van der Waals surface area contributed by atoms with Crippen LogP contribution in [0.4, 0.5) is 0 Å². The second-order valence-corrected chi connectivity index (χ2v) is 14.4. The van der Waals surface area contributed by atoms with Gasteiger partial charge in [0.25, 0.3) is 0 Å². The van der Waals surface area contributed by atoms with E-state index in [9.17, 15) is 15.3 Å². The van der Waals surface area contributed by atoms with E-state index in [1.165, 1.54) is 50.1 Å². The van der Waals surface area contributed by atoms with Crippen molar-refractivity contribution in [2.75, 3.05) is 0 Å². The molecule has 4 aromatic rings. The SMILES string of the molecule is Cc1cc(Cc2c(C)c(C)c(Cc3cc(C)c(O)c(C(C)C)c3)c(Cc3cc(C)c(O)c(C(C)C)c3)c2C)cc(C(C)C)c1O. The van der Waals surface area contributed by atoms with E-state index in [1.54, 1.807) is 0 Å². The van der Waals surface area contributed by atoms with Gasteiger partial charge in [0.05, 0.1) is 0 Å². The van der Waals surface area contributed by atoms with Crippen molar-refractivity contribution < 1.29 is 15.3 Å². The second-order valence-electron chi connectivity index (χ2n) is 14.4. The Bertz CT molecular complexity index is 1740. The van der Waals surface area contributed by atoms with Gasteiger partial charge in [0.15, 0.2) is 0 Å². The van der Waals surface area contributed by atoms with Crippen LogP contribution in [0.5, 0.6) is 17.2 Å². The lowest BCUT2D eigenvalue weighted by Gasteiger charge is -2.25. The first-order valence-corrected chi connectivity index (χ1v) is 16.6. The van der Waals surface area contributed by atoms with Crippen molar-refractivity contribution in [3.05, 3.63) is 120 Å². The minimum Gasteiger partial charge on any atom is -0.507 e. The lowest BCUT2D eigenvalue weighted by atomic mass is 9.80. The molecule has 0 spiro atoms. The van der Waals surface area contributed by atoms with Crippen LogP contribution in [0.1, 0.15) is 143 Å². The first-order chi connectivity index (χ1) is 21.0. The molecule has 3 N–H and O–H groups in total. The van der Waals surface area contributed by atoms with E-state index in [0.29, 0.717) is 17.2 Å². The fourth-order valence-electron chi connectivity index (χ4n) is 7.00. The van der Waals surface area contributed by atoms with Crippen molar-refractivity contribution in [1.29, 1.82) is 0 Å². The standard InChI is InChI=1S/C42H54O3/c1-22(2)34-16-31(13-25(7)40(34)43)19-37-28(10)29(11)38(20-32-14-26(8)41(44)35(17-32)23(3)4)39(30(37)12)21-33-15-27(9)42(45)36(18-33)24(5)6/h13-18,22-24,43-45H,19-21H2,1-12H3. The maximum atomic E-state index is 10.8. The van der Waals surface area contributed by atoms with E-state index in [2.05, 4.69) is 98.7 Å². The van der Waals surface area contributed by atoms with E-state index in [4.69, 9.17) is 0 Å². The molecule has 0 amide bonds. The Morgan fingerprint density at radius 3 is 0.978 bits per heavy atom. The third-order valence-corrected chi connectivity index (χ3v) is 9.92. The Hall–Kier alpha value is -3.72. The summed E-state index contributed by atoms with van der Waals surface area (Å²) in [4.78, 5) is 0. The van der Waals surface area contributed by atoms with Crippen molar-refractivity contribution in [3.8, 4) is 17.2 Å². The van der Waals surface area contributed by atoms with Gasteiger partial charge in [0.1, 0.15) is 17.2 Å². The number of aryl methyl sites for hydroxylation is 3. The van der Waals surface area contributed by atoms with Crippen LogP contribution >= 0.6 is 0 Å². The van der Waals surface area contributed by atoms with Crippen LogP contribution in [0.2, 0.25) is 0 Å². The molecule has 0 bridgehead atoms. The highest BCUT2D eigenvalue weighted by Crippen LogP contribution is 2.38. The number of phenols is 3. The van der Waals surface area contributed by atoms with E-state index >= 15 is 0 Å². The maximum absolute atomic E-state index is 10.8. The first-order valence-electron chi connectivity index (χ1n) is 16.6. The predicted octanol–water partition coefficient (Wildman–Crippen LogP) is 10.8.